The molecule has 8 nitrogen and oxygen atoms in total. The summed E-state index contributed by atoms with van der Waals surface area (Å²) in [5.41, 5.74) is 0.356. The lowest BCUT2D eigenvalue weighted by atomic mass is 10.1. The van der Waals surface area contributed by atoms with Crippen molar-refractivity contribution in [3.8, 4) is 0 Å². The number of anilines is 1. The van der Waals surface area contributed by atoms with Crippen LogP contribution in [-0.4, -0.2) is 48.1 Å². The lowest BCUT2D eigenvalue weighted by Crippen LogP contribution is -2.25. The van der Waals surface area contributed by atoms with Gasteiger partial charge in [-0.05, 0) is 38.8 Å². The van der Waals surface area contributed by atoms with Gasteiger partial charge in [-0.2, -0.15) is 0 Å². The number of sulfone groups is 1. The molecule has 0 saturated heterocycles. The molecule has 0 spiro atoms. The number of nitrogens with one attached hydrogen (secondary N) is 1. The van der Waals surface area contributed by atoms with Gasteiger partial charge in [-0.1, -0.05) is 17.3 Å². The van der Waals surface area contributed by atoms with E-state index in [2.05, 4.69) is 15.5 Å². The Bertz CT molecular complexity index is 979. The number of thiazole rings is 1. The largest absolute Gasteiger partial charge is 0.392 e. The van der Waals surface area contributed by atoms with E-state index < -0.39 is 21.8 Å². The van der Waals surface area contributed by atoms with Gasteiger partial charge in [0.25, 0.3) is 5.91 Å². The first kappa shape index (κ1) is 20.4. The molecule has 1 heterocycles. The van der Waals surface area contributed by atoms with E-state index in [4.69, 9.17) is 9.94 Å². The highest BCUT2D eigenvalue weighted by Crippen LogP contribution is 2.33. The number of benzene rings is 1. The summed E-state index contributed by atoms with van der Waals surface area (Å²) < 4.78 is 24.7. The number of aliphatic hydroxyl groups excluding tert-OH is 1. The van der Waals surface area contributed by atoms with Gasteiger partial charge >= 0.3 is 0 Å². The average Bonchev–Trinajstić information content (AvgIpc) is 3.46. The number of aliphatic hydroxyl groups is 1. The van der Waals surface area contributed by atoms with Gasteiger partial charge < -0.3 is 9.94 Å². The van der Waals surface area contributed by atoms with Gasteiger partial charge in [0.2, 0.25) is 0 Å². The Hall–Kier alpha value is -2.30. The standard InChI is InChI=1S/C18H21N3O5S2/c1-11(10-22)26-21-16(17(23)20-18-19-9-12(2)27-18)13-3-5-14(6-4-13)28(24,25)15-7-8-15/h3-6,9,11,15,22H,7-8,10H2,1-2H3,(H,19,20,23)/t11-/m1/s1. The van der Waals surface area contributed by atoms with E-state index in [1.165, 1.54) is 35.6 Å². The molecule has 1 saturated carbocycles. The first-order valence-corrected chi connectivity index (χ1v) is 11.1. The predicted molar refractivity (Wildman–Crippen MR) is 106 cm³/mol. The van der Waals surface area contributed by atoms with Gasteiger partial charge in [0.1, 0.15) is 6.10 Å². The monoisotopic (exact) mass is 423 g/mol. The van der Waals surface area contributed by atoms with Gasteiger partial charge in [0.15, 0.2) is 20.7 Å². The van der Waals surface area contributed by atoms with Gasteiger partial charge in [0, 0.05) is 16.6 Å². The van der Waals surface area contributed by atoms with Crippen LogP contribution in [0, 0.1) is 6.92 Å². The average molecular weight is 424 g/mol. The molecule has 1 amide bonds. The van der Waals surface area contributed by atoms with Crippen LogP contribution >= 0.6 is 11.3 Å². The Balaban J connectivity index is 1.86. The van der Waals surface area contributed by atoms with Crippen molar-refractivity contribution in [2.24, 2.45) is 5.16 Å². The van der Waals surface area contributed by atoms with Crippen LogP contribution in [0.5, 0.6) is 0 Å². The molecule has 0 radical (unpaired) electrons. The maximum absolute atomic E-state index is 12.7. The second kappa shape index (κ2) is 8.38. The van der Waals surface area contributed by atoms with E-state index in [-0.39, 0.29) is 22.5 Å². The molecule has 10 heteroatoms. The minimum absolute atomic E-state index is 0.0384. The molecule has 3 rings (SSSR count). The molecule has 1 aliphatic carbocycles. The molecular formula is C18H21N3O5S2. The summed E-state index contributed by atoms with van der Waals surface area (Å²) in [7, 11) is -3.32. The fourth-order valence-corrected chi connectivity index (χ4v) is 4.66. The molecule has 1 aliphatic rings. The molecule has 28 heavy (non-hydrogen) atoms. The van der Waals surface area contributed by atoms with Crippen LogP contribution in [0.15, 0.2) is 40.5 Å². The molecule has 1 fully saturated rings. The Morgan fingerprint density at radius 3 is 2.61 bits per heavy atom. The number of aryl methyl sites for hydroxylation is 1. The first-order chi connectivity index (χ1) is 13.3. The summed E-state index contributed by atoms with van der Waals surface area (Å²) >= 11 is 1.32. The topological polar surface area (TPSA) is 118 Å². The van der Waals surface area contributed by atoms with E-state index >= 15 is 0 Å². The number of amides is 1. The van der Waals surface area contributed by atoms with Gasteiger partial charge in [-0.3, -0.25) is 10.1 Å². The highest BCUT2D eigenvalue weighted by molar-refractivity contribution is 7.92. The molecule has 1 atom stereocenters. The summed E-state index contributed by atoms with van der Waals surface area (Å²) in [6.45, 7) is 3.21. The third-order valence-corrected chi connectivity index (χ3v) is 7.16. The smallest absolute Gasteiger partial charge is 0.280 e. The number of aromatic nitrogens is 1. The van der Waals surface area contributed by atoms with Crippen LogP contribution in [-0.2, 0) is 19.5 Å². The highest BCUT2D eigenvalue weighted by atomic mass is 32.2. The zero-order chi connectivity index (χ0) is 20.3. The molecule has 2 N–H and O–H groups in total. The highest BCUT2D eigenvalue weighted by Gasteiger charge is 2.36. The van der Waals surface area contributed by atoms with E-state index in [9.17, 15) is 13.2 Å². The number of hydrogen-bond acceptors (Lipinski definition) is 8. The predicted octanol–water partition coefficient (Wildman–Crippen LogP) is 2.13. The second-order valence-electron chi connectivity index (χ2n) is 6.54. The first-order valence-electron chi connectivity index (χ1n) is 8.74. The van der Waals surface area contributed by atoms with Crippen molar-refractivity contribution in [3.63, 3.8) is 0 Å². The van der Waals surface area contributed by atoms with E-state index in [0.717, 1.165) is 4.88 Å². The molecule has 2 aromatic rings. The fraction of sp³-hybridized carbons (Fsp3) is 0.389. The van der Waals surface area contributed by atoms with Crippen LogP contribution < -0.4 is 5.32 Å². The Morgan fingerprint density at radius 2 is 2.07 bits per heavy atom. The Morgan fingerprint density at radius 1 is 1.39 bits per heavy atom. The maximum atomic E-state index is 12.7. The summed E-state index contributed by atoms with van der Waals surface area (Å²) in [6.07, 6.45) is 2.40. The number of oxime groups is 1. The normalized spacial score (nSPS) is 15.9. The van der Waals surface area contributed by atoms with Crippen LogP contribution in [0.3, 0.4) is 0 Å². The van der Waals surface area contributed by atoms with Crippen molar-refractivity contribution in [2.75, 3.05) is 11.9 Å². The van der Waals surface area contributed by atoms with Crippen LogP contribution in [0.2, 0.25) is 0 Å². The third-order valence-electron chi connectivity index (χ3n) is 4.06. The summed E-state index contributed by atoms with van der Waals surface area (Å²) in [5, 5.41) is 15.7. The Labute approximate surface area is 167 Å². The van der Waals surface area contributed by atoms with E-state index in [0.29, 0.717) is 23.5 Å². The van der Waals surface area contributed by atoms with Gasteiger partial charge in [-0.25, -0.2) is 13.4 Å². The third kappa shape index (κ3) is 4.75. The lowest BCUT2D eigenvalue weighted by Gasteiger charge is -2.10. The SMILES string of the molecule is Cc1cnc(NC(=O)C(=NO[C@H](C)CO)c2ccc(S(=O)(=O)C3CC3)cc2)s1. The minimum atomic E-state index is -3.32. The quantitative estimate of drug-likeness (QED) is 0.496. The van der Waals surface area contributed by atoms with Crippen molar-refractivity contribution in [2.45, 2.75) is 42.9 Å². The van der Waals surface area contributed by atoms with E-state index in [1.54, 1.807) is 13.1 Å². The Kier molecular flexibility index (Phi) is 6.11. The number of carbonyl (C=O) groups excluding carboxylic acids is 1. The molecule has 0 unspecified atom stereocenters. The minimum Gasteiger partial charge on any atom is -0.392 e. The van der Waals surface area contributed by atoms with E-state index in [1.807, 2.05) is 6.92 Å². The molecule has 0 aliphatic heterocycles. The lowest BCUT2D eigenvalue weighted by molar-refractivity contribution is -0.110. The number of nitrogens with zero attached hydrogens (tertiary/aromatic N) is 2. The van der Waals surface area contributed by atoms with Crippen molar-refractivity contribution in [3.05, 3.63) is 40.9 Å². The molecular weight excluding hydrogens is 402 g/mol. The number of carbonyl (C=O) groups is 1. The molecule has 0 bridgehead atoms. The summed E-state index contributed by atoms with van der Waals surface area (Å²) in [6, 6.07) is 5.98. The zero-order valence-electron chi connectivity index (χ0n) is 15.5. The number of rotatable bonds is 8. The van der Waals surface area contributed by atoms with Gasteiger partial charge in [0.05, 0.1) is 16.8 Å². The van der Waals surface area contributed by atoms with Crippen molar-refractivity contribution in [1.82, 2.24) is 4.98 Å². The van der Waals surface area contributed by atoms with Crippen molar-refractivity contribution < 1.29 is 23.2 Å². The van der Waals surface area contributed by atoms with Gasteiger partial charge in [-0.15, -0.1) is 11.3 Å². The maximum Gasteiger partial charge on any atom is 0.280 e. The van der Waals surface area contributed by atoms with Crippen LogP contribution in [0.25, 0.3) is 0 Å². The zero-order valence-corrected chi connectivity index (χ0v) is 17.1. The summed E-state index contributed by atoms with van der Waals surface area (Å²) in [4.78, 5) is 23.1. The molecule has 1 aromatic heterocycles. The number of hydrogen-bond donors (Lipinski definition) is 2. The van der Waals surface area contributed by atoms with Crippen LogP contribution in [0.4, 0.5) is 5.13 Å². The van der Waals surface area contributed by atoms with Crippen molar-refractivity contribution >= 4 is 37.9 Å². The fourth-order valence-electron chi connectivity index (χ4n) is 2.34. The molecule has 150 valence electrons. The second-order valence-corrected chi connectivity index (χ2v) is 10.0. The van der Waals surface area contributed by atoms with Crippen LogP contribution in [0.1, 0.15) is 30.2 Å². The summed E-state index contributed by atoms with van der Waals surface area (Å²) in [5.74, 6) is -0.544. The van der Waals surface area contributed by atoms with Crippen molar-refractivity contribution in [1.29, 1.82) is 0 Å². The molecule has 1 aromatic carbocycles.